The van der Waals surface area contributed by atoms with Gasteiger partial charge in [0.2, 0.25) is 0 Å². The molecule has 0 saturated heterocycles. The molecule has 0 aliphatic carbocycles. The van der Waals surface area contributed by atoms with Gasteiger partial charge in [-0.1, -0.05) is 29.8 Å². The Balaban J connectivity index is 2.02. The Morgan fingerprint density at radius 2 is 2.05 bits per heavy atom. The average Bonchev–Trinajstić information content (AvgIpc) is 2.48. The largest absolute Gasteiger partial charge is 0.347 e. The summed E-state index contributed by atoms with van der Waals surface area (Å²) in [6.45, 7) is 5.01. The van der Waals surface area contributed by atoms with Crippen molar-refractivity contribution in [3.8, 4) is 0 Å². The van der Waals surface area contributed by atoms with Gasteiger partial charge < -0.3 is 11.1 Å². The van der Waals surface area contributed by atoms with Crippen LogP contribution in [0.2, 0.25) is 0 Å². The minimum Gasteiger partial charge on any atom is -0.347 e. The molecule has 0 aliphatic rings. The van der Waals surface area contributed by atoms with Crippen LogP contribution in [0.25, 0.3) is 0 Å². The van der Waals surface area contributed by atoms with E-state index in [-0.39, 0.29) is 5.91 Å². The lowest BCUT2D eigenvalue weighted by Crippen LogP contribution is -2.24. The van der Waals surface area contributed by atoms with Crippen LogP contribution < -0.4 is 11.1 Å². The van der Waals surface area contributed by atoms with Gasteiger partial charge in [0, 0.05) is 19.3 Å². The molecule has 104 valence electrons. The highest BCUT2D eigenvalue weighted by atomic mass is 16.1. The van der Waals surface area contributed by atoms with Crippen molar-refractivity contribution in [2.75, 3.05) is 0 Å². The molecule has 1 heterocycles. The summed E-state index contributed by atoms with van der Waals surface area (Å²) in [5.41, 5.74) is 10.3. The molecule has 0 spiro atoms. The number of nitrogens with two attached hydrogens (primary N) is 1. The van der Waals surface area contributed by atoms with Gasteiger partial charge in [0.15, 0.2) is 0 Å². The van der Waals surface area contributed by atoms with Gasteiger partial charge in [-0.25, -0.2) is 0 Å². The molecule has 3 N–H and O–H groups in total. The maximum Gasteiger partial charge on any atom is 0.270 e. The van der Waals surface area contributed by atoms with Crippen molar-refractivity contribution in [2.24, 2.45) is 5.73 Å². The van der Waals surface area contributed by atoms with Crippen LogP contribution in [-0.2, 0) is 13.1 Å². The molecule has 0 atom stereocenters. The van der Waals surface area contributed by atoms with E-state index in [0.717, 1.165) is 11.1 Å². The summed E-state index contributed by atoms with van der Waals surface area (Å²) in [5.74, 6) is -0.172. The topological polar surface area (TPSA) is 68.0 Å². The van der Waals surface area contributed by atoms with E-state index in [4.69, 9.17) is 5.73 Å². The fourth-order valence-corrected chi connectivity index (χ4v) is 1.94. The van der Waals surface area contributed by atoms with Crippen LogP contribution in [0.4, 0.5) is 0 Å². The first-order valence-corrected chi connectivity index (χ1v) is 6.59. The minimum absolute atomic E-state index is 0.172. The van der Waals surface area contributed by atoms with E-state index in [1.165, 1.54) is 11.1 Å². The van der Waals surface area contributed by atoms with Crippen molar-refractivity contribution < 1.29 is 4.79 Å². The van der Waals surface area contributed by atoms with Crippen LogP contribution in [0, 0.1) is 13.8 Å². The molecular formula is C16H19N3O. The smallest absolute Gasteiger partial charge is 0.270 e. The number of hydrogen-bond acceptors (Lipinski definition) is 3. The lowest BCUT2D eigenvalue weighted by atomic mass is 10.1. The number of nitrogens with zero attached hydrogens (tertiary/aromatic N) is 1. The highest BCUT2D eigenvalue weighted by Crippen LogP contribution is 2.10. The summed E-state index contributed by atoms with van der Waals surface area (Å²) in [4.78, 5) is 16.1. The molecule has 1 aromatic carbocycles. The fourth-order valence-electron chi connectivity index (χ4n) is 1.94. The summed E-state index contributed by atoms with van der Waals surface area (Å²) in [6.07, 6.45) is 1.63. The van der Waals surface area contributed by atoms with Gasteiger partial charge in [-0.2, -0.15) is 0 Å². The first kappa shape index (κ1) is 14.2. The second-order valence-electron chi connectivity index (χ2n) is 4.87. The Labute approximate surface area is 119 Å². The predicted octanol–water partition coefficient (Wildman–Crippen LogP) is 2.09. The summed E-state index contributed by atoms with van der Waals surface area (Å²) >= 11 is 0. The number of hydrogen-bond donors (Lipinski definition) is 2. The third-order valence-corrected chi connectivity index (χ3v) is 3.24. The van der Waals surface area contributed by atoms with E-state index in [1.54, 1.807) is 12.3 Å². The zero-order chi connectivity index (χ0) is 14.5. The van der Waals surface area contributed by atoms with Crippen LogP contribution in [0.15, 0.2) is 36.5 Å². The van der Waals surface area contributed by atoms with Crippen molar-refractivity contribution in [1.82, 2.24) is 10.3 Å². The number of benzene rings is 1. The minimum atomic E-state index is -0.172. The average molecular weight is 269 g/mol. The number of nitrogens with one attached hydrogen (secondary N) is 1. The molecule has 0 fully saturated rings. The molecule has 1 amide bonds. The van der Waals surface area contributed by atoms with E-state index in [0.29, 0.717) is 18.8 Å². The number of carbonyl (C=O) groups is 1. The van der Waals surface area contributed by atoms with Gasteiger partial charge in [-0.05, 0) is 36.6 Å². The van der Waals surface area contributed by atoms with Gasteiger partial charge >= 0.3 is 0 Å². The van der Waals surface area contributed by atoms with Crippen molar-refractivity contribution in [3.63, 3.8) is 0 Å². The number of carbonyl (C=O) groups excluding carboxylic acids is 1. The predicted molar refractivity (Wildman–Crippen MR) is 79.2 cm³/mol. The molecule has 0 radical (unpaired) electrons. The lowest BCUT2D eigenvalue weighted by Gasteiger charge is -2.09. The SMILES string of the molecule is Cc1ccc(C)c(CNC(=O)c2ccc(CN)cn2)c1. The Kier molecular flexibility index (Phi) is 4.48. The molecule has 0 bridgehead atoms. The van der Waals surface area contributed by atoms with E-state index in [2.05, 4.69) is 28.5 Å². The van der Waals surface area contributed by atoms with Gasteiger partial charge in [0.1, 0.15) is 5.69 Å². The highest BCUT2D eigenvalue weighted by molar-refractivity contribution is 5.92. The standard InChI is InChI=1S/C16H19N3O/c1-11-3-4-12(2)14(7-11)10-19-16(20)15-6-5-13(8-17)9-18-15/h3-7,9H,8,10,17H2,1-2H3,(H,19,20). The second-order valence-corrected chi connectivity index (χ2v) is 4.87. The number of amides is 1. The summed E-state index contributed by atoms with van der Waals surface area (Å²) in [6, 6.07) is 9.72. The summed E-state index contributed by atoms with van der Waals surface area (Å²) in [5, 5.41) is 2.89. The highest BCUT2D eigenvalue weighted by Gasteiger charge is 2.07. The van der Waals surface area contributed by atoms with Crippen LogP contribution in [0.5, 0.6) is 0 Å². The van der Waals surface area contributed by atoms with Crippen molar-refractivity contribution in [3.05, 3.63) is 64.5 Å². The third kappa shape index (κ3) is 3.42. The van der Waals surface area contributed by atoms with Crippen LogP contribution in [0.3, 0.4) is 0 Å². The Bertz CT molecular complexity index is 606. The van der Waals surface area contributed by atoms with Crippen molar-refractivity contribution >= 4 is 5.91 Å². The van der Waals surface area contributed by atoms with E-state index < -0.39 is 0 Å². The van der Waals surface area contributed by atoms with E-state index >= 15 is 0 Å². The van der Waals surface area contributed by atoms with E-state index in [1.807, 2.05) is 19.9 Å². The summed E-state index contributed by atoms with van der Waals surface area (Å²) < 4.78 is 0. The maximum absolute atomic E-state index is 12.0. The Morgan fingerprint density at radius 3 is 2.70 bits per heavy atom. The van der Waals surface area contributed by atoms with Crippen LogP contribution in [-0.4, -0.2) is 10.9 Å². The lowest BCUT2D eigenvalue weighted by molar-refractivity contribution is 0.0946. The van der Waals surface area contributed by atoms with Crippen molar-refractivity contribution in [2.45, 2.75) is 26.9 Å². The molecule has 2 aromatic rings. The first-order valence-electron chi connectivity index (χ1n) is 6.59. The quantitative estimate of drug-likeness (QED) is 0.893. The number of pyridine rings is 1. The zero-order valence-electron chi connectivity index (χ0n) is 11.8. The Morgan fingerprint density at radius 1 is 1.25 bits per heavy atom. The van der Waals surface area contributed by atoms with E-state index in [9.17, 15) is 4.79 Å². The van der Waals surface area contributed by atoms with Gasteiger partial charge in [0.25, 0.3) is 5.91 Å². The third-order valence-electron chi connectivity index (χ3n) is 3.24. The molecule has 4 nitrogen and oxygen atoms in total. The molecule has 20 heavy (non-hydrogen) atoms. The number of aromatic nitrogens is 1. The van der Waals surface area contributed by atoms with Crippen molar-refractivity contribution in [1.29, 1.82) is 0 Å². The zero-order valence-corrected chi connectivity index (χ0v) is 11.8. The molecule has 2 rings (SSSR count). The molecule has 0 aliphatic heterocycles. The number of rotatable bonds is 4. The second kappa shape index (κ2) is 6.30. The maximum atomic E-state index is 12.0. The molecule has 0 saturated carbocycles. The molecule has 4 heteroatoms. The molecule has 1 aromatic heterocycles. The number of aryl methyl sites for hydroxylation is 2. The molecule has 0 unspecified atom stereocenters. The normalized spacial score (nSPS) is 10.3. The fraction of sp³-hybridized carbons (Fsp3) is 0.250. The first-order chi connectivity index (χ1) is 9.60. The Hall–Kier alpha value is -2.20. The summed E-state index contributed by atoms with van der Waals surface area (Å²) in [7, 11) is 0. The van der Waals surface area contributed by atoms with Gasteiger partial charge in [-0.15, -0.1) is 0 Å². The monoisotopic (exact) mass is 269 g/mol. The van der Waals surface area contributed by atoms with Gasteiger partial charge in [0.05, 0.1) is 0 Å². The van der Waals surface area contributed by atoms with Crippen LogP contribution in [0.1, 0.15) is 32.7 Å². The van der Waals surface area contributed by atoms with Crippen LogP contribution >= 0.6 is 0 Å². The van der Waals surface area contributed by atoms with Gasteiger partial charge in [-0.3, -0.25) is 9.78 Å². The molecular weight excluding hydrogens is 250 g/mol.